The van der Waals surface area contributed by atoms with Crippen LogP contribution in [0.2, 0.25) is 0 Å². The lowest BCUT2D eigenvalue weighted by Gasteiger charge is -2.37. The van der Waals surface area contributed by atoms with Gasteiger partial charge in [0.05, 0.1) is 12.5 Å². The molecule has 1 aromatic carbocycles. The molecule has 152 valence electrons. The second-order valence-electron chi connectivity index (χ2n) is 8.46. The molecule has 3 saturated heterocycles. The zero-order valence-corrected chi connectivity index (χ0v) is 17.0. The van der Waals surface area contributed by atoms with Gasteiger partial charge in [-0.2, -0.15) is 0 Å². The summed E-state index contributed by atoms with van der Waals surface area (Å²) in [6, 6.07) is 7.53. The third kappa shape index (κ3) is 3.28. The number of methoxy groups -OCH3 is 1. The van der Waals surface area contributed by atoms with Crippen molar-refractivity contribution >= 4 is 11.8 Å². The van der Waals surface area contributed by atoms with Crippen LogP contribution in [-0.4, -0.2) is 79.4 Å². The normalized spacial score (nSPS) is 28.1. The first kappa shape index (κ1) is 19.2. The Kier molecular flexibility index (Phi) is 5.32. The number of amides is 2. The molecule has 2 amide bonds. The van der Waals surface area contributed by atoms with Crippen molar-refractivity contribution in [2.75, 3.05) is 46.9 Å². The second kappa shape index (κ2) is 7.74. The first-order valence-corrected chi connectivity index (χ1v) is 10.5. The molecular weight excluding hydrogens is 354 g/mol. The van der Waals surface area contributed by atoms with Crippen LogP contribution in [-0.2, 0) is 4.79 Å². The summed E-state index contributed by atoms with van der Waals surface area (Å²) in [7, 11) is 3.75. The molecule has 4 rings (SSSR count). The van der Waals surface area contributed by atoms with Gasteiger partial charge in [0.1, 0.15) is 5.75 Å². The van der Waals surface area contributed by atoms with Gasteiger partial charge in [-0.1, -0.05) is 0 Å². The average Bonchev–Trinajstić information content (AvgIpc) is 3.32. The molecule has 2 atom stereocenters. The van der Waals surface area contributed by atoms with Gasteiger partial charge in [-0.15, -0.1) is 0 Å². The summed E-state index contributed by atoms with van der Waals surface area (Å²) in [5.74, 6) is 1.13. The Morgan fingerprint density at radius 3 is 2.32 bits per heavy atom. The van der Waals surface area contributed by atoms with Crippen LogP contribution in [0.5, 0.6) is 5.75 Å². The molecule has 3 aliphatic rings. The molecule has 28 heavy (non-hydrogen) atoms. The SMILES string of the molecule is COc1ccc(C(=O)N2CC[C@H]3N(C)CC[C@@]3(C(=O)N3CCCC3)CC2)cc1. The lowest BCUT2D eigenvalue weighted by atomic mass is 9.75. The number of ether oxygens (including phenoxy) is 1. The highest BCUT2D eigenvalue weighted by Crippen LogP contribution is 2.45. The monoisotopic (exact) mass is 385 g/mol. The maximum Gasteiger partial charge on any atom is 0.253 e. The van der Waals surface area contributed by atoms with Crippen molar-refractivity contribution in [2.24, 2.45) is 5.41 Å². The van der Waals surface area contributed by atoms with Gasteiger partial charge in [0.15, 0.2) is 0 Å². The molecule has 0 aromatic heterocycles. The molecule has 0 aliphatic carbocycles. The summed E-state index contributed by atoms with van der Waals surface area (Å²) in [4.78, 5) is 32.9. The summed E-state index contributed by atoms with van der Waals surface area (Å²) in [5.41, 5.74) is 0.356. The van der Waals surface area contributed by atoms with E-state index in [4.69, 9.17) is 4.74 Å². The number of rotatable bonds is 3. The number of hydrogen-bond donors (Lipinski definition) is 0. The topological polar surface area (TPSA) is 53.1 Å². The molecular formula is C22H31N3O3. The third-order valence-corrected chi connectivity index (χ3v) is 7.02. The van der Waals surface area contributed by atoms with Crippen LogP contribution in [0.3, 0.4) is 0 Å². The molecule has 1 aromatic rings. The van der Waals surface area contributed by atoms with Gasteiger partial charge in [0.2, 0.25) is 5.91 Å². The van der Waals surface area contributed by atoms with E-state index in [0.29, 0.717) is 24.6 Å². The number of fused-ring (bicyclic) bond motifs is 1. The van der Waals surface area contributed by atoms with E-state index < -0.39 is 0 Å². The zero-order valence-electron chi connectivity index (χ0n) is 17.0. The van der Waals surface area contributed by atoms with Gasteiger partial charge in [-0.3, -0.25) is 9.59 Å². The van der Waals surface area contributed by atoms with Crippen LogP contribution in [0, 0.1) is 5.41 Å². The Morgan fingerprint density at radius 2 is 1.64 bits per heavy atom. The highest BCUT2D eigenvalue weighted by molar-refractivity contribution is 5.94. The number of carbonyl (C=O) groups is 2. The van der Waals surface area contributed by atoms with Gasteiger partial charge in [0, 0.05) is 37.8 Å². The molecule has 0 radical (unpaired) electrons. The van der Waals surface area contributed by atoms with E-state index in [2.05, 4.69) is 16.8 Å². The maximum absolute atomic E-state index is 13.5. The van der Waals surface area contributed by atoms with E-state index in [1.54, 1.807) is 7.11 Å². The highest BCUT2D eigenvalue weighted by Gasteiger charge is 2.54. The number of hydrogen-bond acceptors (Lipinski definition) is 4. The van der Waals surface area contributed by atoms with Crippen LogP contribution in [0.15, 0.2) is 24.3 Å². The van der Waals surface area contributed by atoms with Gasteiger partial charge >= 0.3 is 0 Å². The summed E-state index contributed by atoms with van der Waals surface area (Å²) in [5, 5.41) is 0. The molecule has 6 heteroatoms. The molecule has 0 unspecified atom stereocenters. The zero-order chi connectivity index (χ0) is 19.7. The summed E-state index contributed by atoms with van der Waals surface area (Å²) >= 11 is 0. The van der Waals surface area contributed by atoms with Crippen LogP contribution >= 0.6 is 0 Å². The minimum atomic E-state index is -0.325. The number of benzene rings is 1. The van der Waals surface area contributed by atoms with E-state index >= 15 is 0 Å². The standard InChI is InChI=1S/C22H31N3O3/c1-23-15-10-22(21(27)25-12-3-4-13-25)11-16-24(14-9-19(22)23)20(26)17-5-7-18(28-2)8-6-17/h5-8,19H,3-4,9-16H2,1-2H3/t19-,22-/m1/s1. The summed E-state index contributed by atoms with van der Waals surface area (Å²) in [6.45, 7) is 4.11. The number of likely N-dealkylation sites (tertiary alicyclic amines) is 3. The number of nitrogens with zero attached hydrogens (tertiary/aromatic N) is 3. The summed E-state index contributed by atoms with van der Waals surface area (Å²) < 4.78 is 5.19. The highest BCUT2D eigenvalue weighted by atomic mass is 16.5. The van der Waals surface area contributed by atoms with Crippen molar-refractivity contribution in [3.05, 3.63) is 29.8 Å². The van der Waals surface area contributed by atoms with E-state index in [9.17, 15) is 9.59 Å². The largest absolute Gasteiger partial charge is 0.497 e. The first-order chi connectivity index (χ1) is 13.5. The molecule has 3 fully saturated rings. The average molecular weight is 386 g/mol. The third-order valence-electron chi connectivity index (χ3n) is 7.02. The molecule has 3 heterocycles. The van der Waals surface area contributed by atoms with E-state index in [1.807, 2.05) is 29.2 Å². The van der Waals surface area contributed by atoms with Gasteiger partial charge < -0.3 is 19.4 Å². The minimum Gasteiger partial charge on any atom is -0.497 e. The quantitative estimate of drug-likeness (QED) is 0.801. The van der Waals surface area contributed by atoms with Crippen molar-refractivity contribution in [3.63, 3.8) is 0 Å². The molecule has 3 aliphatic heterocycles. The molecule has 0 N–H and O–H groups in total. The first-order valence-electron chi connectivity index (χ1n) is 10.5. The van der Waals surface area contributed by atoms with Crippen molar-refractivity contribution in [1.82, 2.24) is 14.7 Å². The fourth-order valence-electron chi connectivity index (χ4n) is 5.34. The fraction of sp³-hybridized carbons (Fsp3) is 0.636. The molecule has 0 spiro atoms. The van der Waals surface area contributed by atoms with Crippen LogP contribution in [0.1, 0.15) is 42.5 Å². The Labute approximate surface area is 167 Å². The predicted octanol–water partition coefficient (Wildman–Crippen LogP) is 2.24. The Hall–Kier alpha value is -2.08. The van der Waals surface area contributed by atoms with Gasteiger partial charge in [-0.05, 0) is 70.0 Å². The summed E-state index contributed by atoms with van der Waals surface area (Å²) in [6.07, 6.45) is 4.76. The van der Waals surface area contributed by atoms with Crippen LogP contribution in [0.25, 0.3) is 0 Å². The van der Waals surface area contributed by atoms with E-state index in [-0.39, 0.29) is 17.4 Å². The van der Waals surface area contributed by atoms with E-state index in [1.165, 1.54) is 0 Å². The van der Waals surface area contributed by atoms with Crippen molar-refractivity contribution in [2.45, 2.75) is 38.1 Å². The Morgan fingerprint density at radius 1 is 0.964 bits per heavy atom. The predicted molar refractivity (Wildman–Crippen MR) is 107 cm³/mol. The second-order valence-corrected chi connectivity index (χ2v) is 8.46. The molecule has 0 saturated carbocycles. The smallest absolute Gasteiger partial charge is 0.253 e. The number of carbonyl (C=O) groups excluding carboxylic acids is 2. The van der Waals surface area contributed by atoms with Crippen LogP contribution < -0.4 is 4.74 Å². The van der Waals surface area contributed by atoms with E-state index in [0.717, 1.165) is 57.5 Å². The van der Waals surface area contributed by atoms with Crippen molar-refractivity contribution in [3.8, 4) is 5.75 Å². The van der Waals surface area contributed by atoms with Crippen LogP contribution in [0.4, 0.5) is 0 Å². The van der Waals surface area contributed by atoms with Gasteiger partial charge in [0.25, 0.3) is 5.91 Å². The minimum absolute atomic E-state index is 0.0500. The maximum atomic E-state index is 13.5. The fourth-order valence-corrected chi connectivity index (χ4v) is 5.34. The van der Waals surface area contributed by atoms with Crippen molar-refractivity contribution in [1.29, 1.82) is 0 Å². The molecule has 6 nitrogen and oxygen atoms in total. The molecule has 0 bridgehead atoms. The lowest BCUT2D eigenvalue weighted by molar-refractivity contribution is -0.142. The Balaban J connectivity index is 1.53. The van der Waals surface area contributed by atoms with Crippen molar-refractivity contribution < 1.29 is 14.3 Å². The Bertz CT molecular complexity index is 729. The lowest BCUT2D eigenvalue weighted by Crippen LogP contribution is -2.49. The van der Waals surface area contributed by atoms with Gasteiger partial charge in [-0.25, -0.2) is 0 Å².